The fraction of sp³-hybridized carbons (Fsp3) is 0.238. The number of amides is 1. The summed E-state index contributed by atoms with van der Waals surface area (Å²) in [5.41, 5.74) is 2.37. The number of halogens is 1. The zero-order valence-corrected chi connectivity index (χ0v) is 16.2. The standard InChI is InChI=1S/C21H20ClN3O3/c1-24(13-15-12-23-25(14-15)17-6-3-2-4-7-17)21(26)16-10-18(22)20-19(11-16)27-8-5-9-28-20/h2-4,6-7,10-12,14H,5,8-9,13H2,1H3. The van der Waals surface area contributed by atoms with Crippen molar-refractivity contribution in [3.05, 3.63) is 71.0 Å². The Morgan fingerprint density at radius 1 is 1.21 bits per heavy atom. The van der Waals surface area contributed by atoms with E-state index in [0.717, 1.165) is 17.7 Å². The second-order valence-corrected chi connectivity index (χ2v) is 7.03. The summed E-state index contributed by atoms with van der Waals surface area (Å²) in [5.74, 6) is 0.867. The first-order valence-corrected chi connectivity index (χ1v) is 9.43. The van der Waals surface area contributed by atoms with Crippen LogP contribution in [-0.2, 0) is 6.54 Å². The van der Waals surface area contributed by atoms with Gasteiger partial charge in [0.2, 0.25) is 0 Å². The van der Waals surface area contributed by atoms with Crippen molar-refractivity contribution in [2.75, 3.05) is 20.3 Å². The number of benzene rings is 2. The lowest BCUT2D eigenvalue weighted by molar-refractivity contribution is 0.0784. The van der Waals surface area contributed by atoms with Crippen molar-refractivity contribution in [3.63, 3.8) is 0 Å². The van der Waals surface area contributed by atoms with Crippen LogP contribution in [0.4, 0.5) is 0 Å². The van der Waals surface area contributed by atoms with Crippen LogP contribution in [0.2, 0.25) is 5.02 Å². The Kier molecular flexibility index (Phi) is 5.21. The minimum absolute atomic E-state index is 0.148. The first kappa shape index (κ1) is 18.4. The molecule has 0 aliphatic carbocycles. The molecule has 0 spiro atoms. The number of ether oxygens (including phenoxy) is 2. The largest absolute Gasteiger partial charge is 0.489 e. The van der Waals surface area contributed by atoms with Gasteiger partial charge in [-0.05, 0) is 24.3 Å². The topological polar surface area (TPSA) is 56.6 Å². The van der Waals surface area contributed by atoms with Gasteiger partial charge in [0.25, 0.3) is 5.91 Å². The summed E-state index contributed by atoms with van der Waals surface area (Å²) in [5, 5.41) is 4.76. The monoisotopic (exact) mass is 397 g/mol. The van der Waals surface area contributed by atoms with Gasteiger partial charge in [0.15, 0.2) is 11.5 Å². The maximum atomic E-state index is 12.9. The smallest absolute Gasteiger partial charge is 0.254 e. The molecule has 3 aromatic rings. The van der Waals surface area contributed by atoms with Crippen molar-refractivity contribution in [3.8, 4) is 17.2 Å². The predicted molar refractivity (Wildman–Crippen MR) is 106 cm³/mol. The summed E-state index contributed by atoms with van der Waals surface area (Å²) in [7, 11) is 1.75. The van der Waals surface area contributed by atoms with E-state index in [9.17, 15) is 4.79 Å². The molecule has 6 nitrogen and oxygen atoms in total. The zero-order chi connectivity index (χ0) is 19.5. The zero-order valence-electron chi connectivity index (χ0n) is 15.5. The molecule has 0 N–H and O–H groups in total. The molecule has 4 rings (SSSR count). The molecule has 1 aliphatic heterocycles. The lowest BCUT2D eigenvalue weighted by Gasteiger charge is -2.18. The highest BCUT2D eigenvalue weighted by atomic mass is 35.5. The molecule has 0 bridgehead atoms. The Hall–Kier alpha value is -2.99. The van der Waals surface area contributed by atoms with Crippen LogP contribution in [0.25, 0.3) is 5.69 Å². The van der Waals surface area contributed by atoms with Gasteiger partial charge in [-0.3, -0.25) is 4.79 Å². The number of fused-ring (bicyclic) bond motifs is 1. The number of para-hydroxylation sites is 1. The van der Waals surface area contributed by atoms with Crippen LogP contribution in [0, 0.1) is 0 Å². The summed E-state index contributed by atoms with van der Waals surface area (Å²) in [4.78, 5) is 14.5. The van der Waals surface area contributed by atoms with Gasteiger partial charge in [-0.25, -0.2) is 4.68 Å². The Morgan fingerprint density at radius 3 is 2.82 bits per heavy atom. The maximum Gasteiger partial charge on any atom is 0.254 e. The van der Waals surface area contributed by atoms with E-state index in [1.807, 2.05) is 36.5 Å². The summed E-state index contributed by atoms with van der Waals surface area (Å²) in [6.07, 6.45) is 4.46. The van der Waals surface area contributed by atoms with Crippen LogP contribution in [0.5, 0.6) is 11.5 Å². The van der Waals surface area contributed by atoms with E-state index in [-0.39, 0.29) is 5.91 Å². The van der Waals surface area contributed by atoms with E-state index in [1.165, 1.54) is 0 Å². The number of carbonyl (C=O) groups excluding carboxylic acids is 1. The Labute approximate surface area is 168 Å². The van der Waals surface area contributed by atoms with Crippen molar-refractivity contribution < 1.29 is 14.3 Å². The van der Waals surface area contributed by atoms with Gasteiger partial charge in [-0.15, -0.1) is 0 Å². The summed E-state index contributed by atoms with van der Waals surface area (Å²) >= 11 is 6.31. The molecule has 0 unspecified atom stereocenters. The molecule has 2 heterocycles. The van der Waals surface area contributed by atoms with Crippen molar-refractivity contribution in [1.82, 2.24) is 14.7 Å². The van der Waals surface area contributed by atoms with E-state index in [4.69, 9.17) is 21.1 Å². The first-order chi connectivity index (χ1) is 13.6. The molecule has 0 saturated heterocycles. The van der Waals surface area contributed by atoms with E-state index < -0.39 is 0 Å². The van der Waals surface area contributed by atoms with Crippen LogP contribution >= 0.6 is 11.6 Å². The minimum Gasteiger partial charge on any atom is -0.489 e. The molecule has 1 amide bonds. The molecule has 2 aromatic carbocycles. The average molecular weight is 398 g/mol. The number of nitrogens with zero attached hydrogens (tertiary/aromatic N) is 3. The number of aromatic nitrogens is 2. The molecule has 28 heavy (non-hydrogen) atoms. The fourth-order valence-electron chi connectivity index (χ4n) is 3.08. The number of hydrogen-bond donors (Lipinski definition) is 0. The summed E-state index contributed by atoms with van der Waals surface area (Å²) in [6.45, 7) is 1.51. The van der Waals surface area contributed by atoms with Gasteiger partial charge in [0.1, 0.15) is 0 Å². The van der Waals surface area contributed by atoms with Crippen LogP contribution in [0.15, 0.2) is 54.9 Å². The van der Waals surface area contributed by atoms with Crippen molar-refractivity contribution in [2.45, 2.75) is 13.0 Å². The van der Waals surface area contributed by atoms with Crippen LogP contribution in [0.3, 0.4) is 0 Å². The Bertz CT molecular complexity index is 988. The van der Waals surface area contributed by atoms with Crippen LogP contribution < -0.4 is 9.47 Å². The maximum absolute atomic E-state index is 12.9. The van der Waals surface area contributed by atoms with Gasteiger partial charge in [-0.2, -0.15) is 5.10 Å². The highest BCUT2D eigenvalue weighted by Crippen LogP contribution is 2.38. The lowest BCUT2D eigenvalue weighted by Crippen LogP contribution is -2.26. The van der Waals surface area contributed by atoms with Gasteiger partial charge in [-0.1, -0.05) is 29.8 Å². The fourth-order valence-corrected chi connectivity index (χ4v) is 3.35. The van der Waals surface area contributed by atoms with E-state index in [0.29, 0.717) is 41.8 Å². The van der Waals surface area contributed by atoms with Gasteiger partial charge in [0, 0.05) is 37.3 Å². The molecule has 1 aliphatic rings. The first-order valence-electron chi connectivity index (χ1n) is 9.05. The third-order valence-electron chi connectivity index (χ3n) is 4.47. The molecule has 1 aromatic heterocycles. The number of hydrogen-bond acceptors (Lipinski definition) is 4. The van der Waals surface area contributed by atoms with Gasteiger partial charge < -0.3 is 14.4 Å². The van der Waals surface area contributed by atoms with E-state index >= 15 is 0 Å². The minimum atomic E-state index is -0.148. The summed E-state index contributed by atoms with van der Waals surface area (Å²) in [6, 6.07) is 13.2. The van der Waals surface area contributed by atoms with Crippen molar-refractivity contribution in [2.24, 2.45) is 0 Å². The highest BCUT2D eigenvalue weighted by Gasteiger charge is 2.20. The van der Waals surface area contributed by atoms with Gasteiger partial charge >= 0.3 is 0 Å². The van der Waals surface area contributed by atoms with Crippen molar-refractivity contribution >= 4 is 17.5 Å². The summed E-state index contributed by atoms with van der Waals surface area (Å²) < 4.78 is 13.1. The third kappa shape index (κ3) is 3.82. The normalized spacial score (nSPS) is 13.1. The quantitative estimate of drug-likeness (QED) is 0.668. The van der Waals surface area contributed by atoms with Gasteiger partial charge in [0.05, 0.1) is 30.1 Å². The second kappa shape index (κ2) is 7.94. The Morgan fingerprint density at radius 2 is 2.00 bits per heavy atom. The highest BCUT2D eigenvalue weighted by molar-refractivity contribution is 6.32. The third-order valence-corrected chi connectivity index (χ3v) is 4.75. The molecule has 0 atom stereocenters. The van der Waals surface area contributed by atoms with Crippen LogP contribution in [0.1, 0.15) is 22.3 Å². The molecule has 7 heteroatoms. The molecular formula is C21H20ClN3O3. The number of carbonyl (C=O) groups is 1. The molecule has 0 radical (unpaired) electrons. The second-order valence-electron chi connectivity index (χ2n) is 6.63. The SMILES string of the molecule is CN(Cc1cnn(-c2ccccc2)c1)C(=O)c1cc(Cl)c2c(c1)OCCCO2. The molecular weight excluding hydrogens is 378 g/mol. The molecule has 0 saturated carbocycles. The average Bonchev–Trinajstić information content (AvgIpc) is 3.04. The lowest BCUT2D eigenvalue weighted by atomic mass is 10.1. The molecule has 144 valence electrons. The van der Waals surface area contributed by atoms with Crippen LogP contribution in [-0.4, -0.2) is 40.8 Å². The predicted octanol–water partition coefficient (Wildman–Crippen LogP) is 3.96. The molecule has 0 fully saturated rings. The van der Waals surface area contributed by atoms with Crippen molar-refractivity contribution in [1.29, 1.82) is 0 Å². The van der Waals surface area contributed by atoms with E-state index in [1.54, 1.807) is 35.0 Å². The van der Waals surface area contributed by atoms with E-state index in [2.05, 4.69) is 5.10 Å². The Balaban J connectivity index is 1.50. The number of rotatable bonds is 4.